The predicted molar refractivity (Wildman–Crippen MR) is 83.9 cm³/mol. The van der Waals surface area contributed by atoms with E-state index in [9.17, 15) is 13.6 Å². The molecule has 0 saturated carbocycles. The molecule has 0 saturated heterocycles. The number of carbonyl (C=O) groups excluding carboxylic acids is 1. The van der Waals surface area contributed by atoms with Gasteiger partial charge < -0.3 is 0 Å². The van der Waals surface area contributed by atoms with Crippen LogP contribution >= 0.6 is 27.3 Å². The summed E-state index contributed by atoms with van der Waals surface area (Å²) in [6.07, 6.45) is -0.0133. The lowest BCUT2D eigenvalue weighted by Crippen LogP contribution is -2.03. The highest BCUT2D eigenvalue weighted by Gasteiger charge is 2.14. The summed E-state index contributed by atoms with van der Waals surface area (Å²) in [7, 11) is 0. The number of hydrogen-bond donors (Lipinski definition) is 0. The number of thiophene rings is 1. The lowest BCUT2D eigenvalue weighted by molar-refractivity contribution is 0.0995. The Morgan fingerprint density at radius 3 is 2.71 bits per heavy atom. The van der Waals surface area contributed by atoms with Crippen LogP contribution in [0.4, 0.5) is 8.78 Å². The summed E-state index contributed by atoms with van der Waals surface area (Å²) in [5.41, 5.74) is 0.345. The summed E-state index contributed by atoms with van der Waals surface area (Å²) in [4.78, 5) is 12.8. The minimum absolute atomic E-state index is 0.0133. The molecule has 1 nitrogen and oxygen atoms in total. The maximum absolute atomic E-state index is 13.7. The minimum atomic E-state index is -0.404. The number of carbonyl (C=O) groups is 1. The van der Waals surface area contributed by atoms with Gasteiger partial charge in [-0.05, 0) is 53.4 Å². The highest BCUT2D eigenvalue weighted by Crippen LogP contribution is 2.28. The van der Waals surface area contributed by atoms with Gasteiger partial charge in [-0.25, -0.2) is 8.78 Å². The first-order chi connectivity index (χ1) is 10.0. The monoisotopic (exact) mass is 366 g/mol. The number of Topliss-reactive ketones (excluding diaryl/α,β-unsaturated/α-hetero) is 1. The van der Waals surface area contributed by atoms with E-state index in [4.69, 9.17) is 0 Å². The number of rotatable bonds is 3. The van der Waals surface area contributed by atoms with E-state index >= 15 is 0 Å². The Morgan fingerprint density at radius 2 is 1.90 bits per heavy atom. The lowest BCUT2D eigenvalue weighted by atomic mass is 10.1. The molecule has 0 aliphatic heterocycles. The zero-order valence-electron chi connectivity index (χ0n) is 10.7. The summed E-state index contributed by atoms with van der Waals surface area (Å²) < 4.78 is 28.4. The fourth-order valence-electron chi connectivity index (χ4n) is 2.09. The van der Waals surface area contributed by atoms with Gasteiger partial charge in [0.1, 0.15) is 11.6 Å². The van der Waals surface area contributed by atoms with E-state index in [1.807, 2.05) is 0 Å². The first-order valence-corrected chi connectivity index (χ1v) is 7.80. The standard InChI is InChI=1S/C16H9BrF2OS/c17-11-1-3-13(19)9(5-11)7-14(20)16-8-10-6-12(18)2-4-15(10)21-16/h1-6,8H,7H2. The molecule has 1 heterocycles. The van der Waals surface area contributed by atoms with Crippen LogP contribution in [0.5, 0.6) is 0 Å². The topological polar surface area (TPSA) is 17.1 Å². The number of fused-ring (bicyclic) bond motifs is 1. The number of ketones is 1. The highest BCUT2D eigenvalue weighted by molar-refractivity contribution is 9.10. The number of halogens is 3. The van der Waals surface area contributed by atoms with E-state index in [1.54, 1.807) is 24.3 Å². The third-order valence-electron chi connectivity index (χ3n) is 3.11. The van der Waals surface area contributed by atoms with Crippen LogP contribution in [0.1, 0.15) is 15.2 Å². The van der Waals surface area contributed by atoms with Gasteiger partial charge in [-0.3, -0.25) is 4.79 Å². The van der Waals surface area contributed by atoms with Gasteiger partial charge in [-0.1, -0.05) is 15.9 Å². The van der Waals surface area contributed by atoms with Crippen LogP contribution in [-0.2, 0) is 6.42 Å². The average Bonchev–Trinajstić information content (AvgIpc) is 2.86. The van der Waals surface area contributed by atoms with E-state index < -0.39 is 5.82 Å². The van der Waals surface area contributed by atoms with Crippen LogP contribution in [0.25, 0.3) is 10.1 Å². The molecule has 0 bridgehead atoms. The SMILES string of the molecule is O=C(Cc1cc(Br)ccc1F)c1cc2cc(F)ccc2s1. The molecule has 0 aliphatic rings. The van der Waals surface area contributed by atoms with Crippen molar-refractivity contribution in [1.82, 2.24) is 0 Å². The van der Waals surface area contributed by atoms with Crippen molar-refractivity contribution in [2.24, 2.45) is 0 Å². The molecule has 0 spiro atoms. The summed E-state index contributed by atoms with van der Waals surface area (Å²) in [6.45, 7) is 0. The molecule has 0 N–H and O–H groups in total. The van der Waals surface area contributed by atoms with E-state index in [2.05, 4.69) is 15.9 Å². The van der Waals surface area contributed by atoms with E-state index in [-0.39, 0.29) is 18.0 Å². The van der Waals surface area contributed by atoms with Crippen LogP contribution in [0.15, 0.2) is 46.9 Å². The molecule has 0 atom stereocenters. The Morgan fingerprint density at radius 1 is 1.10 bits per heavy atom. The molecule has 0 aliphatic carbocycles. The first kappa shape index (κ1) is 14.4. The second-order valence-electron chi connectivity index (χ2n) is 4.63. The van der Waals surface area contributed by atoms with Crippen molar-refractivity contribution in [2.45, 2.75) is 6.42 Å². The molecule has 3 aromatic rings. The largest absolute Gasteiger partial charge is 0.293 e. The molecular formula is C16H9BrF2OS. The molecule has 0 radical (unpaired) electrons. The van der Waals surface area contributed by atoms with Gasteiger partial charge >= 0.3 is 0 Å². The third-order valence-corrected chi connectivity index (χ3v) is 4.76. The maximum Gasteiger partial charge on any atom is 0.177 e. The van der Waals surface area contributed by atoms with Crippen LogP contribution < -0.4 is 0 Å². The molecular weight excluding hydrogens is 358 g/mol. The second-order valence-corrected chi connectivity index (χ2v) is 6.63. The average molecular weight is 367 g/mol. The third kappa shape index (κ3) is 3.04. The first-order valence-electron chi connectivity index (χ1n) is 6.19. The van der Waals surface area contributed by atoms with Gasteiger partial charge in [0.25, 0.3) is 0 Å². The van der Waals surface area contributed by atoms with Gasteiger partial charge in [0.15, 0.2) is 5.78 Å². The molecule has 0 unspecified atom stereocenters. The lowest BCUT2D eigenvalue weighted by Gasteiger charge is -2.02. The smallest absolute Gasteiger partial charge is 0.177 e. The predicted octanol–water partition coefficient (Wildman–Crippen LogP) is 5.37. The molecule has 1 aromatic heterocycles. The summed E-state index contributed by atoms with van der Waals surface area (Å²) in [6, 6.07) is 10.6. The van der Waals surface area contributed by atoms with Crippen molar-refractivity contribution in [2.75, 3.05) is 0 Å². The second kappa shape index (κ2) is 5.66. The highest BCUT2D eigenvalue weighted by atomic mass is 79.9. The van der Waals surface area contributed by atoms with Gasteiger partial charge in [-0.15, -0.1) is 11.3 Å². The van der Waals surface area contributed by atoms with Gasteiger partial charge in [-0.2, -0.15) is 0 Å². The summed E-state index contributed by atoms with van der Waals surface area (Å²) in [5.74, 6) is -0.912. The Labute approximate surface area is 132 Å². The van der Waals surface area contributed by atoms with Crippen molar-refractivity contribution in [3.05, 3.63) is 69.0 Å². The van der Waals surface area contributed by atoms with Crippen molar-refractivity contribution >= 4 is 43.1 Å². The van der Waals surface area contributed by atoms with Crippen LogP contribution in [0.3, 0.4) is 0 Å². The fourth-order valence-corrected chi connectivity index (χ4v) is 3.48. The quantitative estimate of drug-likeness (QED) is 0.569. The van der Waals surface area contributed by atoms with E-state index in [0.29, 0.717) is 15.8 Å². The Bertz CT molecular complexity index is 841. The zero-order valence-corrected chi connectivity index (χ0v) is 13.1. The summed E-state index contributed by atoms with van der Waals surface area (Å²) in [5, 5.41) is 0.693. The van der Waals surface area contributed by atoms with Crippen molar-refractivity contribution in [3.8, 4) is 0 Å². The summed E-state index contributed by atoms with van der Waals surface area (Å²) >= 11 is 4.55. The van der Waals surface area contributed by atoms with Crippen molar-refractivity contribution in [1.29, 1.82) is 0 Å². The molecule has 0 amide bonds. The Balaban J connectivity index is 1.91. The van der Waals surface area contributed by atoms with Crippen molar-refractivity contribution < 1.29 is 13.6 Å². The normalized spacial score (nSPS) is 11.0. The Kier molecular flexibility index (Phi) is 3.87. The molecule has 5 heteroatoms. The number of hydrogen-bond acceptors (Lipinski definition) is 2. The van der Waals surface area contributed by atoms with Crippen LogP contribution in [-0.4, -0.2) is 5.78 Å². The minimum Gasteiger partial charge on any atom is -0.293 e. The van der Waals surface area contributed by atoms with Gasteiger partial charge in [0, 0.05) is 15.6 Å². The van der Waals surface area contributed by atoms with E-state index in [1.165, 1.54) is 29.5 Å². The molecule has 106 valence electrons. The Hall–Kier alpha value is -1.59. The van der Waals surface area contributed by atoms with Crippen molar-refractivity contribution in [3.63, 3.8) is 0 Å². The fraction of sp³-hybridized carbons (Fsp3) is 0.0625. The molecule has 3 rings (SSSR count). The molecule has 21 heavy (non-hydrogen) atoms. The number of benzene rings is 2. The van der Waals surface area contributed by atoms with Gasteiger partial charge in [0.05, 0.1) is 4.88 Å². The maximum atomic E-state index is 13.7. The van der Waals surface area contributed by atoms with Gasteiger partial charge in [0.2, 0.25) is 0 Å². The molecule has 0 fully saturated rings. The molecule has 2 aromatic carbocycles. The van der Waals surface area contributed by atoms with E-state index in [0.717, 1.165) is 9.17 Å². The zero-order chi connectivity index (χ0) is 15.0. The van der Waals surface area contributed by atoms with Crippen LogP contribution in [0.2, 0.25) is 0 Å². The van der Waals surface area contributed by atoms with Crippen LogP contribution in [0, 0.1) is 11.6 Å².